The largest absolute Gasteiger partial charge is 0.459 e. The highest BCUT2D eigenvalue weighted by Crippen LogP contribution is 2.24. The number of furan rings is 1. The van der Waals surface area contributed by atoms with Crippen LogP contribution in [0.25, 0.3) is 15.9 Å². The van der Waals surface area contributed by atoms with E-state index in [1.165, 1.54) is 22.0 Å². The molecule has 0 bridgehead atoms. The molecule has 2 amide bonds. The summed E-state index contributed by atoms with van der Waals surface area (Å²) in [4.78, 5) is 46.9. The van der Waals surface area contributed by atoms with Crippen LogP contribution in [0.5, 0.6) is 0 Å². The number of carbonyl (C=O) groups is 2. The van der Waals surface area contributed by atoms with E-state index in [9.17, 15) is 14.4 Å². The first-order valence-electron chi connectivity index (χ1n) is 9.15. The van der Waals surface area contributed by atoms with Gasteiger partial charge >= 0.3 is 0 Å². The van der Waals surface area contributed by atoms with E-state index in [0.717, 1.165) is 0 Å². The highest BCUT2D eigenvalue weighted by molar-refractivity contribution is 7.20. The number of aromatic nitrogens is 2. The maximum Gasteiger partial charge on any atom is 0.289 e. The van der Waals surface area contributed by atoms with Gasteiger partial charge in [-0.25, -0.2) is 4.98 Å². The number of amides is 2. The van der Waals surface area contributed by atoms with E-state index in [4.69, 9.17) is 4.42 Å². The smallest absolute Gasteiger partial charge is 0.289 e. The first-order valence-corrected chi connectivity index (χ1v) is 9.96. The van der Waals surface area contributed by atoms with Crippen LogP contribution in [0.1, 0.15) is 20.2 Å². The molecule has 5 heterocycles. The van der Waals surface area contributed by atoms with Crippen LogP contribution >= 0.6 is 11.3 Å². The highest BCUT2D eigenvalue weighted by Gasteiger charge is 2.27. The van der Waals surface area contributed by atoms with Crippen molar-refractivity contribution in [1.29, 1.82) is 0 Å². The van der Waals surface area contributed by atoms with Gasteiger partial charge in [0.2, 0.25) is 0 Å². The molecule has 146 valence electrons. The number of piperazine rings is 1. The lowest BCUT2D eigenvalue weighted by Gasteiger charge is -2.34. The Hall–Kier alpha value is -3.46. The van der Waals surface area contributed by atoms with Crippen LogP contribution in [0.2, 0.25) is 0 Å². The summed E-state index contributed by atoms with van der Waals surface area (Å²) in [6, 6.07) is 10.3. The molecule has 0 radical (unpaired) electrons. The lowest BCUT2D eigenvalue weighted by Crippen LogP contribution is -2.50. The van der Waals surface area contributed by atoms with Gasteiger partial charge in [0.05, 0.1) is 16.5 Å². The lowest BCUT2D eigenvalue weighted by atomic mass is 10.2. The van der Waals surface area contributed by atoms with E-state index in [-0.39, 0.29) is 17.4 Å². The number of rotatable bonds is 2. The Bertz CT molecular complexity index is 1280. The van der Waals surface area contributed by atoms with E-state index in [2.05, 4.69) is 4.98 Å². The predicted molar refractivity (Wildman–Crippen MR) is 107 cm³/mol. The van der Waals surface area contributed by atoms with E-state index < -0.39 is 0 Å². The predicted octanol–water partition coefficient (Wildman–Crippen LogP) is 2.10. The van der Waals surface area contributed by atoms with Gasteiger partial charge in [0, 0.05) is 32.4 Å². The molecule has 0 saturated carbocycles. The van der Waals surface area contributed by atoms with Crippen LogP contribution in [0.4, 0.5) is 0 Å². The molecular formula is C20H16N4O4S. The summed E-state index contributed by atoms with van der Waals surface area (Å²) in [5.41, 5.74) is 0.366. The maximum absolute atomic E-state index is 13.0. The highest BCUT2D eigenvalue weighted by atomic mass is 32.1. The summed E-state index contributed by atoms with van der Waals surface area (Å²) < 4.78 is 6.64. The minimum atomic E-state index is -0.185. The van der Waals surface area contributed by atoms with E-state index >= 15 is 0 Å². The number of pyridine rings is 1. The van der Waals surface area contributed by atoms with Crippen LogP contribution < -0.4 is 5.56 Å². The monoisotopic (exact) mass is 408 g/mol. The van der Waals surface area contributed by atoms with Crippen molar-refractivity contribution in [2.75, 3.05) is 26.2 Å². The molecule has 9 heteroatoms. The quantitative estimate of drug-likeness (QED) is 0.507. The molecule has 0 N–H and O–H groups in total. The SMILES string of the molecule is O=C(c1ccco1)N1CCN(C(=O)c2cc3c(=O)n4ccccc4nc3s2)CC1. The zero-order chi connectivity index (χ0) is 20.0. The zero-order valence-corrected chi connectivity index (χ0v) is 16.1. The Morgan fingerprint density at radius 1 is 1.00 bits per heavy atom. The molecule has 0 aliphatic carbocycles. The van der Waals surface area contributed by atoms with Crippen LogP contribution in [0.15, 0.2) is 58.1 Å². The van der Waals surface area contributed by atoms with E-state index in [0.29, 0.717) is 52.7 Å². The molecular weight excluding hydrogens is 392 g/mol. The molecule has 4 aromatic rings. The van der Waals surface area contributed by atoms with Crippen LogP contribution in [-0.2, 0) is 0 Å². The normalized spacial score (nSPS) is 14.6. The van der Waals surface area contributed by atoms with Gasteiger partial charge in [0.25, 0.3) is 17.4 Å². The van der Waals surface area contributed by atoms with Crippen LogP contribution in [0.3, 0.4) is 0 Å². The van der Waals surface area contributed by atoms with E-state index in [1.54, 1.807) is 46.3 Å². The van der Waals surface area contributed by atoms with Gasteiger partial charge < -0.3 is 14.2 Å². The standard InChI is InChI=1S/C20H16N4O4S/c25-18-13-12-15(29-17(13)21-16-5-1-2-6-24(16)18)20(27)23-9-7-22(8-10-23)19(26)14-4-3-11-28-14/h1-6,11-12H,7-10H2. The molecule has 8 nitrogen and oxygen atoms in total. The number of thiophene rings is 1. The number of hydrogen-bond donors (Lipinski definition) is 0. The van der Waals surface area contributed by atoms with Gasteiger partial charge in [0.15, 0.2) is 5.76 Å². The fraction of sp³-hybridized carbons (Fsp3) is 0.200. The third kappa shape index (κ3) is 2.99. The molecule has 0 spiro atoms. The third-order valence-corrected chi connectivity index (χ3v) is 6.03. The summed E-state index contributed by atoms with van der Waals surface area (Å²) in [7, 11) is 0. The van der Waals surface area contributed by atoms with Crippen molar-refractivity contribution in [3.05, 3.63) is 69.8 Å². The van der Waals surface area contributed by atoms with Gasteiger partial charge in [-0.1, -0.05) is 6.07 Å². The van der Waals surface area contributed by atoms with Crippen molar-refractivity contribution in [2.24, 2.45) is 0 Å². The second-order valence-electron chi connectivity index (χ2n) is 6.74. The first-order chi connectivity index (χ1) is 14.1. The van der Waals surface area contributed by atoms with Crippen LogP contribution in [-0.4, -0.2) is 57.2 Å². The summed E-state index contributed by atoms with van der Waals surface area (Å²) in [5.74, 6) is -0.0210. The van der Waals surface area contributed by atoms with Crippen molar-refractivity contribution >= 4 is 39.0 Å². The fourth-order valence-corrected chi connectivity index (χ4v) is 4.48. The zero-order valence-electron chi connectivity index (χ0n) is 15.3. The molecule has 1 aliphatic rings. The molecule has 0 aromatic carbocycles. The maximum atomic E-state index is 13.0. The Kier molecular flexibility index (Phi) is 4.17. The molecule has 1 fully saturated rings. The second kappa shape index (κ2) is 6.85. The van der Waals surface area contributed by atoms with Crippen molar-refractivity contribution in [1.82, 2.24) is 19.2 Å². The van der Waals surface area contributed by atoms with Gasteiger partial charge in [-0.15, -0.1) is 11.3 Å². The molecule has 0 unspecified atom stereocenters. The van der Waals surface area contributed by atoms with Crippen molar-refractivity contribution in [3.63, 3.8) is 0 Å². The summed E-state index contributed by atoms with van der Waals surface area (Å²) in [6.07, 6.45) is 3.13. The topological polar surface area (TPSA) is 88.1 Å². The first kappa shape index (κ1) is 17.6. The number of carbonyl (C=O) groups excluding carboxylic acids is 2. The summed E-state index contributed by atoms with van der Waals surface area (Å²) in [5, 5.41) is 0.439. The molecule has 4 aromatic heterocycles. The van der Waals surface area contributed by atoms with Gasteiger partial charge in [-0.05, 0) is 30.3 Å². The lowest BCUT2D eigenvalue weighted by molar-refractivity contribution is 0.0520. The minimum Gasteiger partial charge on any atom is -0.459 e. The molecule has 29 heavy (non-hydrogen) atoms. The van der Waals surface area contributed by atoms with Gasteiger partial charge in [0.1, 0.15) is 10.5 Å². The molecule has 1 aliphatic heterocycles. The summed E-state index contributed by atoms with van der Waals surface area (Å²) in [6.45, 7) is 1.71. The molecule has 0 atom stereocenters. The van der Waals surface area contributed by atoms with Crippen LogP contribution in [0, 0.1) is 0 Å². The van der Waals surface area contributed by atoms with Crippen molar-refractivity contribution in [3.8, 4) is 0 Å². The molecule has 5 rings (SSSR count). The number of fused-ring (bicyclic) bond motifs is 2. The number of hydrogen-bond acceptors (Lipinski definition) is 6. The second-order valence-corrected chi connectivity index (χ2v) is 7.77. The van der Waals surface area contributed by atoms with Gasteiger partial charge in [-0.3, -0.25) is 18.8 Å². The van der Waals surface area contributed by atoms with E-state index in [1.807, 2.05) is 6.07 Å². The summed E-state index contributed by atoms with van der Waals surface area (Å²) >= 11 is 1.22. The Morgan fingerprint density at radius 2 is 1.76 bits per heavy atom. The Labute approximate surface area is 168 Å². The van der Waals surface area contributed by atoms with Gasteiger partial charge in [-0.2, -0.15) is 0 Å². The fourth-order valence-electron chi connectivity index (χ4n) is 3.48. The average Bonchev–Trinajstić information content (AvgIpc) is 3.43. The van der Waals surface area contributed by atoms with Crippen molar-refractivity contribution in [2.45, 2.75) is 0 Å². The minimum absolute atomic E-state index is 0.147. The Morgan fingerprint density at radius 3 is 2.48 bits per heavy atom. The molecule has 1 saturated heterocycles. The Balaban J connectivity index is 1.37. The van der Waals surface area contributed by atoms with Crippen molar-refractivity contribution < 1.29 is 14.0 Å². The average molecular weight is 408 g/mol. The number of nitrogens with zero attached hydrogens (tertiary/aromatic N) is 4. The third-order valence-electron chi connectivity index (χ3n) is 5.01.